The Balaban J connectivity index is 1.52. The fourth-order valence-electron chi connectivity index (χ4n) is 3.08. The van der Waals surface area contributed by atoms with Gasteiger partial charge in [0.1, 0.15) is 6.61 Å². The Bertz CT molecular complexity index is 730. The number of benzene rings is 1. The summed E-state index contributed by atoms with van der Waals surface area (Å²) >= 11 is 0. The molecule has 120 valence electrons. The molecule has 2 aliphatic rings. The van der Waals surface area contributed by atoms with Gasteiger partial charge in [-0.2, -0.15) is 4.98 Å². The number of hydrogen-bond donors (Lipinski definition) is 0. The van der Waals surface area contributed by atoms with Crippen LogP contribution in [0.15, 0.2) is 28.8 Å². The van der Waals surface area contributed by atoms with Crippen molar-refractivity contribution >= 4 is 5.91 Å². The molecule has 0 bridgehead atoms. The standard InChI is InChI=1S/C16H17N3O4/c1-10-17-15(18-23-10)11-5-4-8-19(11)16(20)14-9-21-12-6-2-3-7-13(12)22-14/h2-3,6-7,11,14H,4-5,8-9H2,1H3/t11-,14-/m1/s1. The molecule has 0 unspecified atom stereocenters. The highest BCUT2D eigenvalue weighted by atomic mass is 16.6. The second-order valence-corrected chi connectivity index (χ2v) is 5.73. The predicted octanol–water partition coefficient (Wildman–Crippen LogP) is 1.88. The van der Waals surface area contributed by atoms with Crippen molar-refractivity contribution in [3.05, 3.63) is 36.0 Å². The summed E-state index contributed by atoms with van der Waals surface area (Å²) < 4.78 is 16.5. The minimum atomic E-state index is -0.640. The molecule has 0 spiro atoms. The van der Waals surface area contributed by atoms with Gasteiger partial charge < -0.3 is 18.9 Å². The average Bonchev–Trinajstić information content (AvgIpc) is 3.22. The highest BCUT2D eigenvalue weighted by molar-refractivity contribution is 5.82. The van der Waals surface area contributed by atoms with Crippen LogP contribution in [-0.4, -0.2) is 40.2 Å². The van der Waals surface area contributed by atoms with E-state index in [9.17, 15) is 4.79 Å². The molecule has 1 fully saturated rings. The van der Waals surface area contributed by atoms with Gasteiger partial charge in [-0.1, -0.05) is 17.3 Å². The van der Waals surface area contributed by atoms with Crippen molar-refractivity contribution in [3.8, 4) is 11.5 Å². The molecule has 1 saturated heterocycles. The largest absolute Gasteiger partial charge is 0.485 e. The van der Waals surface area contributed by atoms with Crippen LogP contribution in [0.3, 0.4) is 0 Å². The van der Waals surface area contributed by atoms with E-state index in [0.717, 1.165) is 12.8 Å². The Hall–Kier alpha value is -2.57. The van der Waals surface area contributed by atoms with E-state index in [1.165, 1.54) is 0 Å². The zero-order chi connectivity index (χ0) is 15.8. The maximum absolute atomic E-state index is 12.8. The number of carbonyl (C=O) groups excluding carboxylic acids is 1. The Morgan fingerprint density at radius 2 is 2.13 bits per heavy atom. The number of ether oxygens (including phenoxy) is 2. The molecule has 3 heterocycles. The van der Waals surface area contributed by atoms with Crippen LogP contribution in [0.5, 0.6) is 11.5 Å². The van der Waals surface area contributed by atoms with E-state index < -0.39 is 6.10 Å². The van der Waals surface area contributed by atoms with Crippen LogP contribution in [0.1, 0.15) is 30.6 Å². The van der Waals surface area contributed by atoms with Crippen LogP contribution in [0.2, 0.25) is 0 Å². The van der Waals surface area contributed by atoms with Gasteiger partial charge in [0.05, 0.1) is 6.04 Å². The topological polar surface area (TPSA) is 77.7 Å². The SMILES string of the molecule is Cc1nc([C@H]2CCCN2C(=O)[C@H]2COc3ccccc3O2)no1. The minimum absolute atomic E-state index is 0.0931. The Morgan fingerprint density at radius 3 is 2.91 bits per heavy atom. The maximum atomic E-state index is 12.8. The quantitative estimate of drug-likeness (QED) is 0.842. The number of aryl methyl sites for hydroxylation is 1. The van der Waals surface area contributed by atoms with E-state index in [-0.39, 0.29) is 18.6 Å². The fraction of sp³-hybridized carbons (Fsp3) is 0.438. The van der Waals surface area contributed by atoms with E-state index in [4.69, 9.17) is 14.0 Å². The van der Waals surface area contributed by atoms with Gasteiger partial charge in [0, 0.05) is 13.5 Å². The lowest BCUT2D eigenvalue weighted by atomic mass is 10.2. The van der Waals surface area contributed by atoms with Crippen LogP contribution in [0, 0.1) is 6.92 Å². The van der Waals surface area contributed by atoms with Crippen molar-refractivity contribution in [1.29, 1.82) is 0 Å². The van der Waals surface area contributed by atoms with Crippen LogP contribution in [0.25, 0.3) is 0 Å². The van der Waals surface area contributed by atoms with Crippen molar-refractivity contribution in [2.24, 2.45) is 0 Å². The molecule has 0 N–H and O–H groups in total. The van der Waals surface area contributed by atoms with E-state index >= 15 is 0 Å². The molecule has 7 nitrogen and oxygen atoms in total. The number of aromatic nitrogens is 2. The summed E-state index contributed by atoms with van der Waals surface area (Å²) in [6, 6.07) is 7.21. The molecule has 2 aromatic rings. The number of amides is 1. The maximum Gasteiger partial charge on any atom is 0.267 e. The highest BCUT2D eigenvalue weighted by Gasteiger charge is 2.39. The molecule has 4 rings (SSSR count). The summed E-state index contributed by atoms with van der Waals surface area (Å²) in [7, 11) is 0. The van der Waals surface area contributed by atoms with Crippen LogP contribution in [0.4, 0.5) is 0 Å². The summed E-state index contributed by atoms with van der Waals surface area (Å²) in [6.07, 6.45) is 1.10. The third-order valence-electron chi connectivity index (χ3n) is 4.16. The number of fused-ring (bicyclic) bond motifs is 1. The Kier molecular flexibility index (Phi) is 3.40. The summed E-state index contributed by atoms with van der Waals surface area (Å²) in [5.41, 5.74) is 0. The summed E-state index contributed by atoms with van der Waals surface area (Å²) in [5, 5.41) is 3.96. The van der Waals surface area contributed by atoms with E-state index in [2.05, 4.69) is 10.1 Å². The van der Waals surface area contributed by atoms with Gasteiger partial charge in [0.15, 0.2) is 17.3 Å². The Labute approximate surface area is 133 Å². The summed E-state index contributed by atoms with van der Waals surface area (Å²) in [6.45, 7) is 2.62. The number of carbonyl (C=O) groups is 1. The fourth-order valence-corrected chi connectivity index (χ4v) is 3.08. The van der Waals surface area contributed by atoms with E-state index in [1.807, 2.05) is 18.2 Å². The first kappa shape index (κ1) is 14.0. The lowest BCUT2D eigenvalue weighted by Gasteiger charge is -2.30. The van der Waals surface area contributed by atoms with Gasteiger partial charge >= 0.3 is 0 Å². The lowest BCUT2D eigenvalue weighted by molar-refractivity contribution is -0.142. The summed E-state index contributed by atoms with van der Waals surface area (Å²) in [4.78, 5) is 18.9. The number of nitrogens with zero attached hydrogens (tertiary/aromatic N) is 3. The zero-order valence-corrected chi connectivity index (χ0v) is 12.8. The minimum Gasteiger partial charge on any atom is -0.485 e. The number of para-hydroxylation sites is 2. The molecular weight excluding hydrogens is 298 g/mol. The molecule has 1 aromatic heterocycles. The van der Waals surface area contributed by atoms with Crippen molar-refractivity contribution in [3.63, 3.8) is 0 Å². The van der Waals surface area contributed by atoms with Crippen molar-refractivity contribution in [2.75, 3.05) is 13.2 Å². The van der Waals surface area contributed by atoms with Gasteiger partial charge in [-0.25, -0.2) is 0 Å². The zero-order valence-electron chi connectivity index (χ0n) is 12.8. The van der Waals surface area contributed by atoms with Crippen LogP contribution < -0.4 is 9.47 Å². The number of hydrogen-bond acceptors (Lipinski definition) is 6. The first-order valence-corrected chi connectivity index (χ1v) is 7.71. The first-order valence-electron chi connectivity index (χ1n) is 7.71. The summed E-state index contributed by atoms with van der Waals surface area (Å²) in [5.74, 6) is 2.24. The van der Waals surface area contributed by atoms with E-state index in [0.29, 0.717) is 29.8 Å². The molecule has 7 heteroatoms. The Morgan fingerprint density at radius 1 is 1.30 bits per heavy atom. The number of likely N-dealkylation sites (tertiary alicyclic amines) is 1. The van der Waals surface area contributed by atoms with Gasteiger partial charge in [-0.15, -0.1) is 0 Å². The third-order valence-corrected chi connectivity index (χ3v) is 4.16. The van der Waals surface area contributed by atoms with E-state index in [1.54, 1.807) is 17.9 Å². The molecule has 0 aliphatic carbocycles. The molecule has 2 atom stereocenters. The molecule has 1 amide bonds. The predicted molar refractivity (Wildman–Crippen MR) is 79.1 cm³/mol. The van der Waals surface area contributed by atoms with Gasteiger partial charge in [-0.05, 0) is 25.0 Å². The monoisotopic (exact) mass is 315 g/mol. The molecular formula is C16H17N3O4. The number of rotatable bonds is 2. The van der Waals surface area contributed by atoms with Crippen molar-refractivity contribution in [1.82, 2.24) is 15.0 Å². The van der Waals surface area contributed by atoms with Gasteiger partial charge in [-0.3, -0.25) is 4.79 Å². The average molecular weight is 315 g/mol. The molecule has 0 radical (unpaired) electrons. The van der Waals surface area contributed by atoms with Gasteiger partial charge in [0.2, 0.25) is 12.0 Å². The van der Waals surface area contributed by atoms with Crippen molar-refractivity contribution < 1.29 is 18.8 Å². The molecule has 1 aromatic carbocycles. The second-order valence-electron chi connectivity index (χ2n) is 5.73. The van der Waals surface area contributed by atoms with Crippen LogP contribution in [-0.2, 0) is 4.79 Å². The lowest BCUT2D eigenvalue weighted by Crippen LogP contribution is -2.46. The third kappa shape index (κ3) is 2.52. The second kappa shape index (κ2) is 5.57. The normalized spacial score (nSPS) is 23.1. The van der Waals surface area contributed by atoms with Crippen molar-refractivity contribution in [2.45, 2.75) is 31.9 Å². The van der Waals surface area contributed by atoms with Gasteiger partial charge in [0.25, 0.3) is 5.91 Å². The molecule has 23 heavy (non-hydrogen) atoms. The highest BCUT2D eigenvalue weighted by Crippen LogP contribution is 2.34. The molecule has 0 saturated carbocycles. The van der Waals surface area contributed by atoms with Crippen LogP contribution >= 0.6 is 0 Å². The smallest absolute Gasteiger partial charge is 0.267 e. The first-order chi connectivity index (χ1) is 11.2. The molecule has 2 aliphatic heterocycles.